The summed E-state index contributed by atoms with van der Waals surface area (Å²) in [6.07, 6.45) is 9.46. The molecule has 0 radical (unpaired) electrons. The highest BCUT2D eigenvalue weighted by Gasteiger charge is 2.32. The lowest BCUT2D eigenvalue weighted by atomic mass is 9.87. The molecule has 0 bridgehead atoms. The van der Waals surface area contributed by atoms with Crippen LogP contribution in [0.4, 0.5) is 20.3 Å². The monoisotopic (exact) mass is 813 g/mol. The number of ether oxygens (including phenoxy) is 1. The summed E-state index contributed by atoms with van der Waals surface area (Å²) in [5, 5.41) is 4.97. The number of rotatable bonds is 9. The Kier molecular flexibility index (Phi) is 12.4. The van der Waals surface area contributed by atoms with Gasteiger partial charge in [-0.3, -0.25) is 28.8 Å². The van der Waals surface area contributed by atoms with Crippen LogP contribution in [0.3, 0.4) is 0 Å². The third-order valence-corrected chi connectivity index (χ3v) is 11.6. The first kappa shape index (κ1) is 41.5. The molecule has 2 aliphatic heterocycles. The molecule has 1 atom stereocenters. The Bertz CT molecular complexity index is 2390. The van der Waals surface area contributed by atoms with Gasteiger partial charge in [-0.05, 0) is 84.3 Å². The number of imide groups is 1. The summed E-state index contributed by atoms with van der Waals surface area (Å²) in [4.78, 5) is 63.1. The van der Waals surface area contributed by atoms with E-state index in [9.17, 15) is 28.0 Å². The molecule has 1 unspecified atom stereocenters. The number of nitrogens with zero attached hydrogens (tertiary/aromatic N) is 7. The molecule has 5 aromatic rings. The fourth-order valence-corrected chi connectivity index (χ4v) is 8.50. The summed E-state index contributed by atoms with van der Waals surface area (Å²) in [5.41, 5.74) is 4.04. The molecule has 2 saturated heterocycles. The molecule has 3 amide bonds. The van der Waals surface area contributed by atoms with Crippen LogP contribution in [0, 0.1) is 0 Å². The fraction of sp³-hybridized carbons (Fsp3) is 0.488. The Morgan fingerprint density at radius 2 is 1.68 bits per heavy atom. The maximum atomic E-state index is 13.0. The molecule has 3 aliphatic rings. The fourth-order valence-electron chi connectivity index (χ4n) is 8.50. The molecule has 1 aromatic carbocycles. The normalized spacial score (nSPS) is 18.1. The Labute approximate surface area is 341 Å². The number of pyridine rings is 2. The Hall–Kier alpha value is -5.64. The molecular weight excluding hydrogens is 761 g/mol. The lowest BCUT2D eigenvalue weighted by Gasteiger charge is -2.36. The van der Waals surface area contributed by atoms with Gasteiger partial charge >= 0.3 is 5.69 Å². The van der Waals surface area contributed by atoms with E-state index < -0.39 is 30.0 Å². The second kappa shape index (κ2) is 17.7. The van der Waals surface area contributed by atoms with Gasteiger partial charge in [0.05, 0.1) is 34.1 Å². The Morgan fingerprint density at radius 3 is 2.36 bits per heavy atom. The van der Waals surface area contributed by atoms with Crippen LogP contribution in [-0.4, -0.2) is 85.5 Å². The smallest absolute Gasteiger partial charge is 0.329 e. The third kappa shape index (κ3) is 9.02. The predicted octanol–water partition coefficient (Wildman–Crippen LogP) is 6.60. The Balaban J connectivity index is 0.000000180. The van der Waals surface area contributed by atoms with Crippen LogP contribution < -0.4 is 26.0 Å². The van der Waals surface area contributed by atoms with Gasteiger partial charge in [0.25, 0.3) is 12.3 Å². The van der Waals surface area contributed by atoms with E-state index in [1.165, 1.54) is 37.5 Å². The van der Waals surface area contributed by atoms with E-state index in [4.69, 9.17) is 9.72 Å². The van der Waals surface area contributed by atoms with Crippen molar-refractivity contribution < 1.29 is 27.9 Å². The number of halogens is 2. The number of carbonyl (C=O) groups excluding carboxylic acids is 3. The maximum absolute atomic E-state index is 13.0. The van der Waals surface area contributed by atoms with Crippen molar-refractivity contribution in [1.82, 2.24) is 33.7 Å². The van der Waals surface area contributed by atoms with Crippen LogP contribution >= 0.6 is 0 Å². The van der Waals surface area contributed by atoms with Crippen molar-refractivity contribution in [2.45, 2.75) is 102 Å². The van der Waals surface area contributed by atoms with Gasteiger partial charge in [0.1, 0.15) is 29.0 Å². The van der Waals surface area contributed by atoms with E-state index in [0.717, 1.165) is 61.2 Å². The Morgan fingerprint density at radius 1 is 0.949 bits per heavy atom. The number of piperidine rings is 2. The average molecular weight is 814 g/mol. The molecule has 0 spiro atoms. The van der Waals surface area contributed by atoms with Crippen molar-refractivity contribution in [3.8, 4) is 5.75 Å². The predicted molar refractivity (Wildman–Crippen MR) is 221 cm³/mol. The minimum Gasteiger partial charge on any atom is -0.490 e. The molecule has 8 rings (SSSR count). The minimum atomic E-state index is -2.71. The number of amides is 3. The number of aromatic nitrogens is 5. The largest absolute Gasteiger partial charge is 0.490 e. The maximum Gasteiger partial charge on any atom is 0.329 e. The first-order valence-corrected chi connectivity index (χ1v) is 20.5. The number of hydrogen-bond acceptors (Lipinski definition) is 9. The van der Waals surface area contributed by atoms with Gasteiger partial charge in [-0.1, -0.05) is 31.4 Å². The number of para-hydroxylation sites is 1. The van der Waals surface area contributed by atoms with Crippen LogP contribution in [-0.2, 0) is 16.6 Å². The number of aryl methyl sites for hydroxylation is 1. The molecule has 1 aliphatic carbocycles. The van der Waals surface area contributed by atoms with Crippen LogP contribution in [0.1, 0.15) is 112 Å². The highest BCUT2D eigenvalue weighted by atomic mass is 19.3. The van der Waals surface area contributed by atoms with Crippen molar-refractivity contribution in [1.29, 1.82) is 0 Å². The van der Waals surface area contributed by atoms with Crippen molar-refractivity contribution in [3.63, 3.8) is 0 Å². The lowest BCUT2D eigenvalue weighted by Crippen LogP contribution is -2.44. The highest BCUT2D eigenvalue weighted by molar-refractivity contribution is 6.06. The van der Waals surface area contributed by atoms with Crippen LogP contribution in [0.2, 0.25) is 0 Å². The van der Waals surface area contributed by atoms with Gasteiger partial charge in [-0.2, -0.15) is 0 Å². The highest BCUT2D eigenvalue weighted by Crippen LogP contribution is 2.34. The van der Waals surface area contributed by atoms with Crippen molar-refractivity contribution in [2.75, 3.05) is 37.4 Å². The van der Waals surface area contributed by atoms with Crippen molar-refractivity contribution >= 4 is 45.9 Å². The second-order valence-electron chi connectivity index (χ2n) is 16.2. The van der Waals surface area contributed by atoms with E-state index >= 15 is 0 Å². The molecule has 16 heteroatoms. The molecule has 314 valence electrons. The quantitative estimate of drug-likeness (QED) is 0.157. The van der Waals surface area contributed by atoms with Gasteiger partial charge in [0, 0.05) is 57.0 Å². The van der Waals surface area contributed by atoms with E-state index in [-0.39, 0.29) is 35.5 Å². The van der Waals surface area contributed by atoms with Gasteiger partial charge in [-0.15, -0.1) is 0 Å². The second-order valence-corrected chi connectivity index (χ2v) is 16.2. The summed E-state index contributed by atoms with van der Waals surface area (Å²) in [5.74, 6) is -0.272. The zero-order valence-corrected chi connectivity index (χ0v) is 34.3. The third-order valence-electron chi connectivity index (χ3n) is 11.6. The number of nitrogens with one attached hydrogen (secondary N) is 2. The molecule has 3 fully saturated rings. The summed E-state index contributed by atoms with van der Waals surface area (Å²) < 4.78 is 36.8. The molecule has 2 N–H and O–H groups in total. The summed E-state index contributed by atoms with van der Waals surface area (Å²) in [7, 11) is 5.98. The van der Waals surface area contributed by atoms with E-state index in [0.29, 0.717) is 29.8 Å². The van der Waals surface area contributed by atoms with E-state index in [1.807, 2.05) is 42.6 Å². The summed E-state index contributed by atoms with van der Waals surface area (Å²) >= 11 is 0. The zero-order valence-electron chi connectivity index (χ0n) is 34.3. The van der Waals surface area contributed by atoms with Crippen molar-refractivity contribution in [2.24, 2.45) is 7.05 Å². The van der Waals surface area contributed by atoms with Crippen molar-refractivity contribution in [3.05, 3.63) is 82.3 Å². The summed E-state index contributed by atoms with van der Waals surface area (Å²) in [6.45, 7) is 5.61. The lowest BCUT2D eigenvalue weighted by molar-refractivity contribution is -0.135. The summed E-state index contributed by atoms with van der Waals surface area (Å²) in [6, 6.07) is 11.7. The molecule has 6 heterocycles. The number of benzene rings is 1. The first-order chi connectivity index (χ1) is 28.3. The number of fused-ring (bicyclic) bond motifs is 2. The number of anilines is 2. The van der Waals surface area contributed by atoms with Gasteiger partial charge in [0.2, 0.25) is 11.8 Å². The SMILES string of the molecule is CC(C)Oc1cc2nc(C3CCCCC3)cn2cc1C(=O)Nc1cccc(C(F)F)n1.CN(C)C1CCN(c2cccc3c2n(C)c(=O)n3C2CCC(=O)NC2=O)CC1. The average Bonchev–Trinajstić information content (AvgIpc) is 3.75. The number of hydrogen-bond donors (Lipinski definition) is 2. The molecule has 14 nitrogen and oxygen atoms in total. The van der Waals surface area contributed by atoms with Gasteiger partial charge < -0.3 is 24.3 Å². The van der Waals surface area contributed by atoms with Crippen LogP contribution in [0.15, 0.2) is 59.7 Å². The molecule has 1 saturated carbocycles. The standard InChI is InChI=1S/C23H26F2N4O2.C20H27N5O3/c1-14(2)31-19-11-21-27-18(15-7-4-3-5-8-15)13-29(21)12-16(19)23(30)28-20-10-6-9-17(26-20)22(24)25;1-22(2)13-9-11-24(12-10-13)14-5-4-6-15-18(14)23(3)20(28)25(15)16-7-8-17(26)21-19(16)27/h6,9-15,22H,3-5,7-8H2,1-2H3,(H,26,28,30);4-6,13,16H,7-12H2,1-3H3,(H,21,26,27). The zero-order chi connectivity index (χ0) is 42.0. The van der Waals surface area contributed by atoms with E-state index in [1.54, 1.807) is 28.4 Å². The molecule has 4 aromatic heterocycles. The minimum absolute atomic E-state index is 0.0620. The number of alkyl halides is 2. The van der Waals surface area contributed by atoms with Gasteiger partial charge in [0.15, 0.2) is 0 Å². The van der Waals surface area contributed by atoms with Gasteiger partial charge in [-0.25, -0.2) is 23.5 Å². The first-order valence-electron chi connectivity index (χ1n) is 20.5. The van der Waals surface area contributed by atoms with Crippen LogP contribution in [0.5, 0.6) is 5.75 Å². The molecular formula is C43H53F2N9O5. The van der Waals surface area contributed by atoms with Crippen LogP contribution in [0.25, 0.3) is 16.7 Å². The topological polar surface area (TPSA) is 148 Å². The molecule has 59 heavy (non-hydrogen) atoms. The van der Waals surface area contributed by atoms with E-state index in [2.05, 4.69) is 39.5 Å². The number of carbonyl (C=O) groups is 3. The number of imidazole rings is 2.